The zero-order chi connectivity index (χ0) is 13.7. The van der Waals surface area contributed by atoms with E-state index < -0.39 is 12.0 Å². The Morgan fingerprint density at radius 2 is 1.44 bits per heavy atom. The van der Waals surface area contributed by atoms with Gasteiger partial charge in [0, 0.05) is 12.1 Å². The topological polar surface area (TPSA) is 60.9 Å². The van der Waals surface area contributed by atoms with Crippen LogP contribution < -0.4 is 0 Å². The number of carbonyl (C=O) groups excluding carboxylic acids is 1. The van der Waals surface area contributed by atoms with Crippen LogP contribution in [0.15, 0.2) is 0 Å². The quantitative estimate of drug-likeness (QED) is 0.800. The molecule has 0 aliphatic carbocycles. The van der Waals surface area contributed by atoms with E-state index in [1.807, 2.05) is 27.7 Å². The van der Waals surface area contributed by atoms with Crippen LogP contribution in [0.3, 0.4) is 0 Å². The van der Waals surface area contributed by atoms with E-state index in [4.69, 9.17) is 5.11 Å². The molecule has 1 unspecified atom stereocenters. The van der Waals surface area contributed by atoms with Crippen LogP contribution in [0.4, 0.5) is 0 Å². The Morgan fingerprint density at radius 3 is 1.72 bits per heavy atom. The third-order valence-corrected chi connectivity index (χ3v) is 2.80. The minimum Gasteiger partial charge on any atom is -0.480 e. The fraction of sp³-hybridized carbons (Fsp3) is 0.833. The zero-order valence-electron chi connectivity index (χ0n) is 12.0. The third-order valence-electron chi connectivity index (χ3n) is 2.80. The van der Waals surface area contributed by atoms with Crippen molar-refractivity contribution < 1.29 is 14.7 Å². The summed E-state index contributed by atoms with van der Waals surface area (Å²) in [5, 5.41) is 8.86. The molecule has 0 heterocycles. The van der Waals surface area contributed by atoms with Gasteiger partial charge in [-0.25, -0.2) is 0 Å². The van der Waals surface area contributed by atoms with Gasteiger partial charge in [-0.1, -0.05) is 0 Å². The van der Waals surface area contributed by atoms with Gasteiger partial charge >= 0.3 is 5.97 Å². The van der Waals surface area contributed by atoms with E-state index in [9.17, 15) is 9.59 Å². The summed E-state index contributed by atoms with van der Waals surface area (Å²) in [6, 6.07) is -0.410. The third kappa shape index (κ3) is 5.69. The van der Waals surface area contributed by atoms with Crippen molar-refractivity contribution in [2.24, 2.45) is 0 Å². The second kappa shape index (κ2) is 8.32. The number of carboxylic acids is 1. The van der Waals surface area contributed by atoms with E-state index in [1.165, 1.54) is 0 Å². The Morgan fingerprint density at radius 1 is 1.06 bits per heavy atom. The molecule has 5 nitrogen and oxygen atoms in total. The molecule has 1 atom stereocenters. The maximum atomic E-state index is 12.1. The monoisotopic (exact) mass is 280 g/mol. The van der Waals surface area contributed by atoms with Crippen LogP contribution in [-0.2, 0) is 9.59 Å². The summed E-state index contributed by atoms with van der Waals surface area (Å²) in [5.41, 5.74) is 0. The summed E-state index contributed by atoms with van der Waals surface area (Å²) in [5.74, 6) is -0.952. The van der Waals surface area contributed by atoms with Gasteiger partial charge < -0.3 is 10.0 Å². The SMILES string of the molecule is CC(C(=O)O)N(C)CC(=O)N(C(C)C)C(C)C.Cl. The standard InChI is InChI=1S/C12H24N2O3.ClH/c1-8(2)14(9(3)4)11(15)7-13(6)10(5)12(16)17;/h8-10H,7H2,1-6H3,(H,16,17);1H. The Kier molecular flexibility index (Phi) is 9.03. The summed E-state index contributed by atoms with van der Waals surface area (Å²) >= 11 is 0. The number of nitrogens with zero attached hydrogens (tertiary/aromatic N) is 2. The molecule has 1 N–H and O–H groups in total. The van der Waals surface area contributed by atoms with E-state index in [1.54, 1.807) is 23.8 Å². The fourth-order valence-corrected chi connectivity index (χ4v) is 1.79. The molecule has 0 rings (SSSR count). The molecule has 6 heteroatoms. The molecule has 0 saturated heterocycles. The zero-order valence-corrected chi connectivity index (χ0v) is 12.8. The number of halogens is 1. The first-order chi connectivity index (χ1) is 7.68. The molecule has 0 aliphatic heterocycles. The van der Waals surface area contributed by atoms with Crippen LogP contribution in [0.5, 0.6) is 0 Å². The number of amides is 1. The van der Waals surface area contributed by atoms with Crippen molar-refractivity contribution in [1.29, 1.82) is 0 Å². The van der Waals surface area contributed by atoms with Crippen LogP contribution in [0.1, 0.15) is 34.6 Å². The lowest BCUT2D eigenvalue weighted by atomic mass is 10.2. The summed E-state index contributed by atoms with van der Waals surface area (Å²) in [6.07, 6.45) is 0. The fourth-order valence-electron chi connectivity index (χ4n) is 1.79. The lowest BCUT2D eigenvalue weighted by molar-refractivity contribution is -0.144. The molecule has 0 aromatic heterocycles. The average Bonchev–Trinajstić information content (AvgIpc) is 2.14. The van der Waals surface area contributed by atoms with Crippen molar-refractivity contribution in [3.05, 3.63) is 0 Å². The molecule has 0 bridgehead atoms. The molecule has 1 amide bonds. The molecule has 108 valence electrons. The molecule has 0 aromatic rings. The van der Waals surface area contributed by atoms with Crippen molar-refractivity contribution in [3.8, 4) is 0 Å². The van der Waals surface area contributed by atoms with Crippen molar-refractivity contribution in [1.82, 2.24) is 9.80 Å². The van der Waals surface area contributed by atoms with Gasteiger partial charge in [0.2, 0.25) is 5.91 Å². The van der Waals surface area contributed by atoms with Crippen molar-refractivity contribution in [2.45, 2.75) is 52.7 Å². The average molecular weight is 281 g/mol. The number of carboxylic acid groups (broad SMARTS) is 1. The van der Waals surface area contributed by atoms with E-state index in [-0.39, 0.29) is 36.9 Å². The molecule has 0 aliphatic rings. The van der Waals surface area contributed by atoms with Gasteiger partial charge in [-0.2, -0.15) is 0 Å². The van der Waals surface area contributed by atoms with Crippen LogP contribution >= 0.6 is 12.4 Å². The molecular formula is C12H25ClN2O3. The molecular weight excluding hydrogens is 256 g/mol. The summed E-state index contributed by atoms with van der Waals surface area (Å²) in [6.45, 7) is 9.53. The number of carbonyl (C=O) groups is 2. The van der Waals surface area contributed by atoms with Gasteiger partial charge in [0.15, 0.2) is 0 Å². The first-order valence-electron chi connectivity index (χ1n) is 5.92. The Hall–Kier alpha value is -0.810. The normalized spacial score (nSPS) is 12.5. The first-order valence-corrected chi connectivity index (χ1v) is 5.92. The molecule has 18 heavy (non-hydrogen) atoms. The van der Waals surface area contributed by atoms with E-state index in [0.29, 0.717) is 0 Å². The summed E-state index contributed by atoms with van der Waals surface area (Å²) < 4.78 is 0. The Labute approximate surface area is 116 Å². The highest BCUT2D eigenvalue weighted by molar-refractivity contribution is 5.85. The molecule has 0 saturated carbocycles. The summed E-state index contributed by atoms with van der Waals surface area (Å²) in [7, 11) is 1.65. The second-order valence-electron chi connectivity index (χ2n) is 4.92. The number of hydrogen-bond acceptors (Lipinski definition) is 3. The second-order valence-corrected chi connectivity index (χ2v) is 4.92. The molecule has 0 aromatic carbocycles. The number of aliphatic carboxylic acids is 1. The highest BCUT2D eigenvalue weighted by Crippen LogP contribution is 2.07. The van der Waals surface area contributed by atoms with Gasteiger partial charge in [0.1, 0.15) is 6.04 Å². The highest BCUT2D eigenvalue weighted by Gasteiger charge is 2.24. The van der Waals surface area contributed by atoms with E-state index in [2.05, 4.69) is 0 Å². The first kappa shape index (κ1) is 19.5. The van der Waals surface area contributed by atoms with Gasteiger partial charge in [-0.15, -0.1) is 12.4 Å². The highest BCUT2D eigenvalue weighted by atomic mass is 35.5. The number of hydrogen-bond donors (Lipinski definition) is 1. The maximum absolute atomic E-state index is 12.1. The predicted octanol–water partition coefficient (Wildman–Crippen LogP) is 1.46. The number of rotatable bonds is 6. The van der Waals surface area contributed by atoms with Gasteiger partial charge in [-0.05, 0) is 41.7 Å². The Balaban J connectivity index is 0. The van der Waals surface area contributed by atoms with Crippen molar-refractivity contribution in [3.63, 3.8) is 0 Å². The van der Waals surface area contributed by atoms with E-state index >= 15 is 0 Å². The van der Waals surface area contributed by atoms with Gasteiger partial charge in [0.05, 0.1) is 6.54 Å². The van der Waals surface area contributed by atoms with Crippen LogP contribution in [-0.4, -0.2) is 58.5 Å². The predicted molar refractivity (Wildman–Crippen MR) is 74.1 cm³/mol. The molecule has 0 radical (unpaired) electrons. The lowest BCUT2D eigenvalue weighted by Crippen LogP contribution is -2.49. The van der Waals surface area contributed by atoms with Gasteiger partial charge in [-0.3, -0.25) is 14.5 Å². The smallest absolute Gasteiger partial charge is 0.320 e. The van der Waals surface area contributed by atoms with E-state index in [0.717, 1.165) is 0 Å². The van der Waals surface area contributed by atoms with Crippen LogP contribution in [0.25, 0.3) is 0 Å². The van der Waals surface area contributed by atoms with Crippen molar-refractivity contribution >= 4 is 24.3 Å². The minimum absolute atomic E-state index is 0. The summed E-state index contributed by atoms with van der Waals surface area (Å²) in [4.78, 5) is 26.2. The number of likely N-dealkylation sites (N-methyl/N-ethyl adjacent to an activating group) is 1. The van der Waals surface area contributed by atoms with Gasteiger partial charge in [0.25, 0.3) is 0 Å². The maximum Gasteiger partial charge on any atom is 0.320 e. The van der Waals surface area contributed by atoms with Crippen LogP contribution in [0.2, 0.25) is 0 Å². The minimum atomic E-state index is -0.916. The lowest BCUT2D eigenvalue weighted by Gasteiger charge is -2.33. The van der Waals surface area contributed by atoms with Crippen molar-refractivity contribution in [2.75, 3.05) is 13.6 Å². The molecule has 0 spiro atoms. The van der Waals surface area contributed by atoms with Crippen LogP contribution in [0, 0.1) is 0 Å². The largest absolute Gasteiger partial charge is 0.480 e. The Bertz CT molecular complexity index is 274. The molecule has 0 fully saturated rings.